The monoisotopic (exact) mass is 384 g/mol. The Kier molecular flexibility index (Phi) is 5.84. The highest BCUT2D eigenvalue weighted by atomic mass is 19.4. The van der Waals surface area contributed by atoms with Crippen molar-refractivity contribution in [3.8, 4) is 6.07 Å². The van der Waals surface area contributed by atoms with Crippen LogP contribution < -0.4 is 0 Å². The van der Waals surface area contributed by atoms with Gasteiger partial charge in [-0.25, -0.2) is 0 Å². The van der Waals surface area contributed by atoms with Crippen LogP contribution in [-0.4, -0.2) is 17.4 Å². The van der Waals surface area contributed by atoms with E-state index < -0.39 is 11.7 Å². The molecule has 0 bridgehead atoms. The number of amides is 1. The molecule has 0 spiro atoms. The van der Waals surface area contributed by atoms with Gasteiger partial charge in [-0.1, -0.05) is 24.3 Å². The van der Waals surface area contributed by atoms with Crippen molar-refractivity contribution in [2.45, 2.75) is 31.5 Å². The normalized spacial score (nSPS) is 17.5. The summed E-state index contributed by atoms with van der Waals surface area (Å²) in [6.45, 7) is 0.572. The van der Waals surface area contributed by atoms with Gasteiger partial charge in [0.15, 0.2) is 0 Å². The Morgan fingerprint density at radius 3 is 2.36 bits per heavy atom. The number of piperidine rings is 1. The molecule has 0 radical (unpaired) electrons. The minimum Gasteiger partial charge on any atom is -0.332 e. The summed E-state index contributed by atoms with van der Waals surface area (Å²) in [5.41, 5.74) is 1.37. The summed E-state index contributed by atoms with van der Waals surface area (Å²) in [4.78, 5) is 14.4. The number of nitriles is 1. The van der Waals surface area contributed by atoms with E-state index in [0.29, 0.717) is 17.7 Å². The second-order valence-corrected chi connectivity index (χ2v) is 6.73. The molecule has 1 fully saturated rings. The molecule has 1 amide bonds. The van der Waals surface area contributed by atoms with E-state index in [2.05, 4.69) is 0 Å². The molecule has 1 aliphatic rings. The number of likely N-dealkylation sites (tertiary alicyclic amines) is 1. The van der Waals surface area contributed by atoms with Crippen molar-refractivity contribution in [2.75, 3.05) is 6.54 Å². The quantitative estimate of drug-likeness (QED) is 0.670. The third-order valence-electron chi connectivity index (χ3n) is 4.87. The zero-order chi connectivity index (χ0) is 20.1. The van der Waals surface area contributed by atoms with Crippen molar-refractivity contribution < 1.29 is 18.0 Å². The molecular weight excluding hydrogens is 365 g/mol. The van der Waals surface area contributed by atoms with E-state index in [0.717, 1.165) is 37.0 Å². The van der Waals surface area contributed by atoms with Crippen molar-refractivity contribution in [2.24, 2.45) is 0 Å². The van der Waals surface area contributed by atoms with Gasteiger partial charge in [0.05, 0.1) is 23.2 Å². The summed E-state index contributed by atoms with van der Waals surface area (Å²) >= 11 is 0. The second-order valence-electron chi connectivity index (χ2n) is 6.73. The standard InChI is InChI=1S/C22H19F3N2O/c23-22(24,25)19-11-9-18(10-12-19)20-3-1-2-14-27(20)21(28)13-8-16-4-6-17(15-26)7-5-16/h4-13,20H,1-3,14H2/b13-8-/t20-/m1/s1. The molecule has 0 saturated carbocycles. The largest absolute Gasteiger partial charge is 0.416 e. The Morgan fingerprint density at radius 1 is 1.07 bits per heavy atom. The van der Waals surface area contributed by atoms with E-state index in [-0.39, 0.29) is 11.9 Å². The van der Waals surface area contributed by atoms with Crippen LogP contribution in [0.25, 0.3) is 6.08 Å². The molecule has 2 aromatic carbocycles. The van der Waals surface area contributed by atoms with E-state index >= 15 is 0 Å². The highest BCUT2D eigenvalue weighted by Gasteiger charge is 2.31. The van der Waals surface area contributed by atoms with Crippen LogP contribution in [0.5, 0.6) is 0 Å². The lowest BCUT2D eigenvalue weighted by Gasteiger charge is -2.35. The molecule has 3 rings (SSSR count). The van der Waals surface area contributed by atoms with Gasteiger partial charge in [0, 0.05) is 12.6 Å². The van der Waals surface area contributed by atoms with E-state index in [1.807, 2.05) is 6.07 Å². The minimum absolute atomic E-state index is 0.172. The molecule has 0 N–H and O–H groups in total. The van der Waals surface area contributed by atoms with Gasteiger partial charge in [-0.05, 0) is 60.7 Å². The molecule has 0 aliphatic carbocycles. The smallest absolute Gasteiger partial charge is 0.332 e. The van der Waals surface area contributed by atoms with Crippen LogP contribution in [-0.2, 0) is 11.0 Å². The van der Waals surface area contributed by atoms with Crippen LogP contribution in [0, 0.1) is 11.3 Å². The zero-order valence-electron chi connectivity index (χ0n) is 15.1. The number of benzene rings is 2. The van der Waals surface area contributed by atoms with Crippen LogP contribution in [0.3, 0.4) is 0 Å². The Morgan fingerprint density at radius 2 is 1.75 bits per heavy atom. The lowest BCUT2D eigenvalue weighted by atomic mass is 9.94. The Labute approximate surface area is 161 Å². The van der Waals surface area contributed by atoms with E-state index in [1.165, 1.54) is 18.2 Å². The summed E-state index contributed by atoms with van der Waals surface area (Å²) in [7, 11) is 0. The van der Waals surface area contributed by atoms with Crippen molar-refractivity contribution in [1.29, 1.82) is 5.26 Å². The topological polar surface area (TPSA) is 44.1 Å². The van der Waals surface area contributed by atoms with Crippen molar-refractivity contribution in [3.63, 3.8) is 0 Å². The van der Waals surface area contributed by atoms with Crippen molar-refractivity contribution >= 4 is 12.0 Å². The third kappa shape index (κ3) is 4.61. The fraction of sp³-hybridized carbons (Fsp3) is 0.273. The second kappa shape index (κ2) is 8.30. The maximum absolute atomic E-state index is 12.8. The van der Waals surface area contributed by atoms with Crippen LogP contribution >= 0.6 is 0 Å². The SMILES string of the molecule is N#Cc1ccc(/C=C\C(=O)N2CCCC[C@@H]2c2ccc(C(F)(F)F)cc2)cc1. The van der Waals surface area contributed by atoms with E-state index in [4.69, 9.17) is 5.26 Å². The molecule has 3 nitrogen and oxygen atoms in total. The molecule has 0 unspecified atom stereocenters. The van der Waals surface area contributed by atoms with Gasteiger partial charge in [-0.15, -0.1) is 0 Å². The fourth-order valence-corrected chi connectivity index (χ4v) is 3.37. The molecule has 2 aromatic rings. The number of alkyl halides is 3. The molecule has 1 atom stereocenters. The average molecular weight is 384 g/mol. The van der Waals surface area contributed by atoms with Gasteiger partial charge in [0.1, 0.15) is 0 Å². The predicted octanol–water partition coefficient (Wildman–Crippen LogP) is 5.34. The van der Waals surface area contributed by atoms with Crippen LogP contribution in [0.15, 0.2) is 54.6 Å². The number of carbonyl (C=O) groups is 1. The Hall–Kier alpha value is -3.07. The number of hydrogen-bond donors (Lipinski definition) is 0. The summed E-state index contributed by atoms with van der Waals surface area (Å²) < 4.78 is 38.4. The lowest BCUT2D eigenvalue weighted by Crippen LogP contribution is -2.37. The number of hydrogen-bond acceptors (Lipinski definition) is 2. The van der Waals surface area contributed by atoms with Gasteiger partial charge in [0.25, 0.3) is 0 Å². The highest BCUT2D eigenvalue weighted by molar-refractivity contribution is 5.92. The first-order valence-corrected chi connectivity index (χ1v) is 9.04. The molecule has 1 aliphatic heterocycles. The van der Waals surface area contributed by atoms with E-state index in [9.17, 15) is 18.0 Å². The first-order valence-electron chi connectivity index (χ1n) is 9.04. The minimum atomic E-state index is -4.37. The van der Waals surface area contributed by atoms with Crippen LogP contribution in [0.2, 0.25) is 0 Å². The molecule has 144 valence electrons. The van der Waals surface area contributed by atoms with Crippen molar-refractivity contribution in [1.82, 2.24) is 4.90 Å². The van der Waals surface area contributed by atoms with Gasteiger partial charge in [-0.2, -0.15) is 18.4 Å². The molecule has 0 aromatic heterocycles. The molecule has 1 heterocycles. The number of halogens is 3. The number of rotatable bonds is 3. The van der Waals surface area contributed by atoms with Crippen LogP contribution in [0.1, 0.15) is 47.6 Å². The van der Waals surface area contributed by atoms with Crippen molar-refractivity contribution in [3.05, 3.63) is 76.9 Å². The Balaban J connectivity index is 1.75. The molecular formula is C22H19F3N2O. The lowest BCUT2D eigenvalue weighted by molar-refractivity contribution is -0.137. The number of nitrogens with zero attached hydrogens (tertiary/aromatic N) is 2. The van der Waals surface area contributed by atoms with Gasteiger partial charge >= 0.3 is 6.18 Å². The maximum Gasteiger partial charge on any atom is 0.416 e. The summed E-state index contributed by atoms with van der Waals surface area (Å²) in [6, 6.07) is 13.7. The molecule has 1 saturated heterocycles. The molecule has 28 heavy (non-hydrogen) atoms. The van der Waals surface area contributed by atoms with Gasteiger partial charge in [-0.3, -0.25) is 4.79 Å². The Bertz CT molecular complexity index is 893. The third-order valence-corrected chi connectivity index (χ3v) is 4.87. The zero-order valence-corrected chi connectivity index (χ0v) is 15.1. The predicted molar refractivity (Wildman–Crippen MR) is 99.9 cm³/mol. The first kappa shape index (κ1) is 19.7. The van der Waals surface area contributed by atoms with E-state index in [1.54, 1.807) is 35.2 Å². The van der Waals surface area contributed by atoms with Gasteiger partial charge < -0.3 is 4.90 Å². The van der Waals surface area contributed by atoms with Gasteiger partial charge in [0.2, 0.25) is 5.91 Å². The summed E-state index contributed by atoms with van der Waals surface area (Å²) in [6.07, 6.45) is 1.31. The fourth-order valence-electron chi connectivity index (χ4n) is 3.37. The highest BCUT2D eigenvalue weighted by Crippen LogP contribution is 2.34. The maximum atomic E-state index is 12.8. The number of carbonyl (C=O) groups excluding carboxylic acids is 1. The first-order chi connectivity index (χ1) is 13.4. The summed E-state index contributed by atoms with van der Waals surface area (Å²) in [5.74, 6) is -0.172. The molecule has 6 heteroatoms. The van der Waals surface area contributed by atoms with Crippen LogP contribution in [0.4, 0.5) is 13.2 Å². The average Bonchev–Trinajstić information content (AvgIpc) is 2.72. The summed E-state index contributed by atoms with van der Waals surface area (Å²) in [5, 5.41) is 8.82.